The van der Waals surface area contributed by atoms with Gasteiger partial charge in [0.1, 0.15) is 5.17 Å². The van der Waals surface area contributed by atoms with Gasteiger partial charge in [-0.05, 0) is 20.8 Å². The van der Waals surface area contributed by atoms with E-state index in [0.29, 0.717) is 11.8 Å². The molecule has 92 valence electrons. The number of carbonyl (C=O) groups is 1. The molecule has 0 aliphatic heterocycles. The van der Waals surface area contributed by atoms with Crippen molar-refractivity contribution >= 4 is 22.7 Å². The molecule has 0 aliphatic rings. The van der Waals surface area contributed by atoms with Crippen LogP contribution in [0.15, 0.2) is 35.3 Å². The fraction of sp³-hybridized carbons (Fsp3) is 0.385. The van der Waals surface area contributed by atoms with E-state index in [4.69, 9.17) is 16.3 Å². The predicted molar refractivity (Wildman–Crippen MR) is 69.5 cm³/mol. The Morgan fingerprint density at radius 1 is 1.35 bits per heavy atom. The van der Waals surface area contributed by atoms with Gasteiger partial charge in [-0.15, -0.1) is 0 Å². The molecule has 0 fully saturated rings. The van der Waals surface area contributed by atoms with E-state index in [1.807, 2.05) is 30.3 Å². The average Bonchev–Trinajstić information content (AvgIpc) is 2.30. The first-order chi connectivity index (χ1) is 7.97. The van der Waals surface area contributed by atoms with Crippen molar-refractivity contribution in [2.24, 2.45) is 4.99 Å². The van der Waals surface area contributed by atoms with Gasteiger partial charge in [-0.3, -0.25) is 4.99 Å². The Bertz CT molecular complexity index is 413. The summed E-state index contributed by atoms with van der Waals surface area (Å²) in [6.07, 6.45) is 0. The summed E-state index contributed by atoms with van der Waals surface area (Å²) in [5.41, 5.74) is -0.185. The molecule has 0 amide bonds. The minimum absolute atomic E-state index is 0.309. The smallest absolute Gasteiger partial charge is 0.333 e. The summed E-state index contributed by atoms with van der Waals surface area (Å²) >= 11 is 6.08. The summed E-state index contributed by atoms with van der Waals surface area (Å²) in [4.78, 5) is 15.8. The molecule has 0 saturated carbocycles. The first-order valence-corrected chi connectivity index (χ1v) is 5.83. The molecule has 0 aromatic heterocycles. The lowest BCUT2D eigenvalue weighted by atomic mass is 10.1. The van der Waals surface area contributed by atoms with E-state index in [2.05, 4.69) is 4.99 Å². The van der Waals surface area contributed by atoms with Gasteiger partial charge in [0.25, 0.3) is 0 Å². The molecule has 4 heteroatoms. The topological polar surface area (TPSA) is 38.7 Å². The maximum absolute atomic E-state index is 11.6. The zero-order valence-corrected chi connectivity index (χ0v) is 11.0. The third kappa shape index (κ3) is 3.86. The molecule has 1 aromatic carbocycles. The van der Waals surface area contributed by atoms with Crippen LogP contribution in [-0.2, 0) is 9.53 Å². The quantitative estimate of drug-likeness (QED) is 0.611. The maximum atomic E-state index is 11.6. The molecule has 0 spiro atoms. The second-order valence-electron chi connectivity index (χ2n) is 4.05. The van der Waals surface area contributed by atoms with Crippen LogP contribution in [0.2, 0.25) is 0 Å². The van der Waals surface area contributed by atoms with Gasteiger partial charge in [0.2, 0.25) is 0 Å². The second-order valence-corrected chi connectivity index (χ2v) is 4.41. The molecule has 0 radical (unpaired) electrons. The van der Waals surface area contributed by atoms with Gasteiger partial charge in [0.15, 0.2) is 5.54 Å². The second kappa shape index (κ2) is 5.82. The van der Waals surface area contributed by atoms with Crippen molar-refractivity contribution in [3.63, 3.8) is 0 Å². The Balaban J connectivity index is 2.91. The Labute approximate surface area is 106 Å². The molecule has 17 heavy (non-hydrogen) atoms. The highest BCUT2D eigenvalue weighted by Crippen LogP contribution is 2.16. The third-order valence-electron chi connectivity index (χ3n) is 2.16. The summed E-state index contributed by atoms with van der Waals surface area (Å²) in [5, 5.41) is 0.309. The first-order valence-electron chi connectivity index (χ1n) is 5.45. The van der Waals surface area contributed by atoms with Gasteiger partial charge in [-0.1, -0.05) is 41.9 Å². The number of hydrogen-bond donors (Lipinski definition) is 0. The predicted octanol–water partition coefficient (Wildman–Crippen LogP) is 3.01. The average molecular weight is 254 g/mol. The van der Waals surface area contributed by atoms with E-state index in [1.165, 1.54) is 0 Å². The lowest BCUT2D eigenvalue weighted by Gasteiger charge is -2.18. The molecule has 0 unspecified atom stereocenters. The molecule has 3 nitrogen and oxygen atoms in total. The zero-order valence-electron chi connectivity index (χ0n) is 10.2. The number of aliphatic imine (C=N–C) groups is 1. The lowest BCUT2D eigenvalue weighted by molar-refractivity contribution is -0.148. The van der Waals surface area contributed by atoms with Gasteiger partial charge in [0, 0.05) is 5.56 Å². The molecular weight excluding hydrogens is 238 g/mol. The zero-order chi connectivity index (χ0) is 12.9. The van der Waals surface area contributed by atoms with Gasteiger partial charge >= 0.3 is 5.97 Å². The Morgan fingerprint density at radius 2 is 1.94 bits per heavy atom. The fourth-order valence-corrected chi connectivity index (χ4v) is 1.58. The number of rotatable bonds is 4. The number of ether oxygens (including phenoxy) is 1. The van der Waals surface area contributed by atoms with Crippen LogP contribution in [0.5, 0.6) is 0 Å². The molecule has 0 heterocycles. The van der Waals surface area contributed by atoms with Gasteiger partial charge in [-0.25, -0.2) is 4.79 Å². The normalized spacial score (nSPS) is 12.4. The summed E-state index contributed by atoms with van der Waals surface area (Å²) in [7, 11) is 0. The first kappa shape index (κ1) is 13.7. The fourth-order valence-electron chi connectivity index (χ4n) is 1.24. The highest BCUT2D eigenvalue weighted by atomic mass is 35.5. The molecule has 0 atom stereocenters. The Kier molecular flexibility index (Phi) is 4.70. The van der Waals surface area contributed by atoms with Crippen LogP contribution in [-0.4, -0.2) is 23.3 Å². The van der Waals surface area contributed by atoms with Crippen molar-refractivity contribution in [2.45, 2.75) is 26.3 Å². The van der Waals surface area contributed by atoms with Crippen LogP contribution < -0.4 is 0 Å². The highest BCUT2D eigenvalue weighted by molar-refractivity contribution is 6.69. The Morgan fingerprint density at radius 3 is 2.47 bits per heavy atom. The number of halogens is 1. The summed E-state index contributed by atoms with van der Waals surface area (Å²) in [6, 6.07) is 9.31. The lowest BCUT2D eigenvalue weighted by Crippen LogP contribution is -2.32. The number of nitrogens with zero attached hydrogens (tertiary/aromatic N) is 1. The van der Waals surface area contributed by atoms with Crippen molar-refractivity contribution in [3.8, 4) is 0 Å². The van der Waals surface area contributed by atoms with Crippen molar-refractivity contribution < 1.29 is 9.53 Å². The minimum atomic E-state index is -0.969. The number of hydrogen-bond acceptors (Lipinski definition) is 3. The van der Waals surface area contributed by atoms with Crippen molar-refractivity contribution in [2.75, 3.05) is 6.61 Å². The molecule has 1 aromatic rings. The molecule has 0 aliphatic carbocycles. The van der Waals surface area contributed by atoms with Crippen LogP contribution in [0, 0.1) is 0 Å². The SMILES string of the molecule is CCOC(=O)C(C)(C)N=C(Cl)c1ccccc1. The standard InChI is InChI=1S/C13H16ClNO2/c1-4-17-12(16)13(2,3)15-11(14)10-8-6-5-7-9-10/h5-9H,4H2,1-3H3. The van der Waals surface area contributed by atoms with Crippen LogP contribution in [0.4, 0.5) is 0 Å². The third-order valence-corrected chi connectivity index (χ3v) is 2.47. The highest BCUT2D eigenvalue weighted by Gasteiger charge is 2.28. The van der Waals surface area contributed by atoms with E-state index in [0.717, 1.165) is 5.56 Å². The van der Waals surface area contributed by atoms with Gasteiger partial charge in [0.05, 0.1) is 6.61 Å². The van der Waals surface area contributed by atoms with E-state index in [9.17, 15) is 4.79 Å². The Hall–Kier alpha value is -1.35. The summed E-state index contributed by atoms with van der Waals surface area (Å²) in [6.45, 7) is 5.45. The molecule has 0 bridgehead atoms. The van der Waals surface area contributed by atoms with Crippen molar-refractivity contribution in [3.05, 3.63) is 35.9 Å². The summed E-state index contributed by atoms with van der Waals surface area (Å²) in [5.74, 6) is -0.380. The van der Waals surface area contributed by atoms with E-state index in [-0.39, 0.29) is 5.97 Å². The van der Waals surface area contributed by atoms with Crippen molar-refractivity contribution in [1.82, 2.24) is 0 Å². The van der Waals surface area contributed by atoms with Gasteiger partial charge in [-0.2, -0.15) is 0 Å². The molecule has 0 N–H and O–H groups in total. The van der Waals surface area contributed by atoms with Gasteiger partial charge < -0.3 is 4.74 Å². The van der Waals surface area contributed by atoms with Crippen molar-refractivity contribution in [1.29, 1.82) is 0 Å². The van der Waals surface area contributed by atoms with E-state index < -0.39 is 5.54 Å². The largest absolute Gasteiger partial charge is 0.464 e. The van der Waals surface area contributed by atoms with Crippen LogP contribution in [0.1, 0.15) is 26.3 Å². The van der Waals surface area contributed by atoms with E-state index in [1.54, 1.807) is 20.8 Å². The monoisotopic (exact) mass is 253 g/mol. The number of benzene rings is 1. The van der Waals surface area contributed by atoms with Crippen LogP contribution in [0.3, 0.4) is 0 Å². The molecule has 1 rings (SSSR count). The maximum Gasteiger partial charge on any atom is 0.333 e. The summed E-state index contributed by atoms with van der Waals surface area (Å²) < 4.78 is 4.94. The number of esters is 1. The van der Waals surface area contributed by atoms with Crippen LogP contribution in [0.25, 0.3) is 0 Å². The van der Waals surface area contributed by atoms with Crippen LogP contribution >= 0.6 is 11.6 Å². The number of carbonyl (C=O) groups excluding carboxylic acids is 1. The molecular formula is C13H16ClNO2. The minimum Gasteiger partial charge on any atom is -0.464 e. The van der Waals surface area contributed by atoms with E-state index >= 15 is 0 Å². The molecule has 0 saturated heterocycles.